The monoisotopic (exact) mass is 381 g/mol. The Balaban J connectivity index is 1.36. The van der Waals surface area contributed by atoms with Crippen LogP contribution in [0.15, 0.2) is 54.6 Å². The Kier molecular flexibility index (Phi) is 3.75. The fourth-order valence-electron chi connectivity index (χ4n) is 4.73. The molecule has 2 aromatic rings. The maximum absolute atomic E-state index is 12.9. The molecule has 3 aliphatic rings. The molecular weight excluding hydrogens is 366 g/mol. The number of carbonyl (C=O) groups is 2. The summed E-state index contributed by atoms with van der Waals surface area (Å²) in [6, 6.07) is 15.3. The van der Waals surface area contributed by atoms with Crippen molar-refractivity contribution in [3.8, 4) is 23.6 Å². The first kappa shape index (κ1) is 17.2. The van der Waals surface area contributed by atoms with Crippen molar-refractivity contribution in [3.63, 3.8) is 0 Å². The fourth-order valence-corrected chi connectivity index (χ4v) is 4.73. The van der Waals surface area contributed by atoms with Crippen LogP contribution in [0.5, 0.6) is 11.5 Å². The lowest BCUT2D eigenvalue weighted by atomic mass is 9.85. The van der Waals surface area contributed by atoms with Crippen molar-refractivity contribution >= 4 is 17.5 Å². The number of nitrogens with zero attached hydrogens (tertiary/aromatic N) is 3. The highest BCUT2D eigenvalue weighted by atomic mass is 16.5. The van der Waals surface area contributed by atoms with Gasteiger partial charge in [0.25, 0.3) is 0 Å². The standard InChI is InChI=1S/C23H15N3O3/c24-11-15-3-6-19(10-16(15)12-25)29-18-7-4-17(5-8-18)26-22(27)20-13-1-2-14(9-13)21(20)23(26)28/h1-8,10,13-14,20-21H,9H2. The van der Waals surface area contributed by atoms with E-state index in [2.05, 4.69) is 12.2 Å². The van der Waals surface area contributed by atoms with Crippen molar-refractivity contribution in [1.82, 2.24) is 0 Å². The molecule has 29 heavy (non-hydrogen) atoms. The van der Waals surface area contributed by atoms with Crippen LogP contribution in [0.25, 0.3) is 0 Å². The first-order chi connectivity index (χ1) is 14.1. The van der Waals surface area contributed by atoms with E-state index in [4.69, 9.17) is 15.3 Å². The number of imide groups is 1. The van der Waals surface area contributed by atoms with Gasteiger partial charge in [0.15, 0.2) is 0 Å². The van der Waals surface area contributed by atoms with Gasteiger partial charge >= 0.3 is 0 Å². The van der Waals surface area contributed by atoms with Gasteiger partial charge in [0.2, 0.25) is 11.8 Å². The Labute approximate surface area is 167 Å². The van der Waals surface area contributed by atoms with Crippen LogP contribution in [0.2, 0.25) is 0 Å². The molecule has 2 bridgehead atoms. The van der Waals surface area contributed by atoms with Gasteiger partial charge in [-0.05, 0) is 60.7 Å². The number of rotatable bonds is 3. The lowest BCUT2D eigenvalue weighted by molar-refractivity contribution is -0.123. The number of fused-ring (bicyclic) bond motifs is 5. The van der Waals surface area contributed by atoms with Crippen molar-refractivity contribution in [2.75, 3.05) is 4.90 Å². The zero-order valence-electron chi connectivity index (χ0n) is 15.3. The molecule has 5 rings (SSSR count). The van der Waals surface area contributed by atoms with E-state index < -0.39 is 0 Å². The van der Waals surface area contributed by atoms with Gasteiger partial charge in [-0.3, -0.25) is 14.5 Å². The summed E-state index contributed by atoms with van der Waals surface area (Å²) in [4.78, 5) is 27.1. The Hall–Kier alpha value is -3.90. The molecule has 0 aromatic heterocycles. The SMILES string of the molecule is N#Cc1ccc(Oc2ccc(N3C(=O)C4C5C=CC(C5)C4C3=O)cc2)cc1C#N. The average Bonchev–Trinajstić information content (AvgIpc) is 3.42. The summed E-state index contributed by atoms with van der Waals surface area (Å²) in [5.74, 6) is 0.613. The van der Waals surface area contributed by atoms with Crippen LogP contribution in [0.4, 0.5) is 5.69 Å². The van der Waals surface area contributed by atoms with Crippen LogP contribution in [0.3, 0.4) is 0 Å². The van der Waals surface area contributed by atoms with Gasteiger partial charge in [-0.1, -0.05) is 12.2 Å². The number of nitriles is 2. The minimum absolute atomic E-state index is 0.115. The van der Waals surface area contributed by atoms with E-state index in [1.54, 1.807) is 30.3 Å². The highest BCUT2D eigenvalue weighted by molar-refractivity contribution is 6.22. The van der Waals surface area contributed by atoms with Crippen molar-refractivity contribution in [1.29, 1.82) is 10.5 Å². The first-order valence-electron chi connectivity index (χ1n) is 9.39. The number of carbonyl (C=O) groups excluding carboxylic acids is 2. The molecule has 0 radical (unpaired) electrons. The topological polar surface area (TPSA) is 94.2 Å². The lowest BCUT2D eigenvalue weighted by Crippen LogP contribution is -2.32. The molecule has 2 aromatic carbocycles. The minimum Gasteiger partial charge on any atom is -0.457 e. The number of allylic oxidation sites excluding steroid dienone is 2. The van der Waals surface area contributed by atoms with Crippen LogP contribution >= 0.6 is 0 Å². The molecule has 1 aliphatic heterocycles. The van der Waals surface area contributed by atoms with Gasteiger partial charge in [0, 0.05) is 0 Å². The van der Waals surface area contributed by atoms with E-state index in [-0.39, 0.29) is 46.6 Å². The Morgan fingerprint density at radius 1 is 0.828 bits per heavy atom. The smallest absolute Gasteiger partial charge is 0.238 e. The fraction of sp³-hybridized carbons (Fsp3) is 0.217. The third-order valence-corrected chi connectivity index (χ3v) is 6.03. The number of anilines is 1. The van der Waals surface area contributed by atoms with E-state index in [0.29, 0.717) is 17.2 Å². The van der Waals surface area contributed by atoms with Gasteiger partial charge in [-0.25, -0.2) is 0 Å². The molecule has 2 amide bonds. The molecule has 6 nitrogen and oxygen atoms in total. The summed E-state index contributed by atoms with van der Waals surface area (Å²) >= 11 is 0. The molecule has 0 spiro atoms. The van der Waals surface area contributed by atoms with Gasteiger partial charge in [0.05, 0.1) is 28.7 Å². The molecule has 4 unspecified atom stereocenters. The number of amides is 2. The van der Waals surface area contributed by atoms with E-state index >= 15 is 0 Å². The number of ether oxygens (including phenoxy) is 1. The van der Waals surface area contributed by atoms with Crippen molar-refractivity contribution < 1.29 is 14.3 Å². The minimum atomic E-state index is -0.225. The lowest BCUT2D eigenvalue weighted by Gasteiger charge is -2.17. The molecule has 1 saturated heterocycles. The summed E-state index contributed by atoms with van der Waals surface area (Å²) in [5, 5.41) is 18.1. The quantitative estimate of drug-likeness (QED) is 0.599. The van der Waals surface area contributed by atoms with Crippen molar-refractivity contribution in [2.24, 2.45) is 23.7 Å². The number of hydrogen-bond acceptors (Lipinski definition) is 5. The third kappa shape index (κ3) is 2.54. The van der Waals surface area contributed by atoms with E-state index in [1.165, 1.54) is 17.0 Å². The highest BCUT2D eigenvalue weighted by Gasteiger charge is 2.59. The Bertz CT molecular complexity index is 1120. The Morgan fingerprint density at radius 2 is 1.41 bits per heavy atom. The molecule has 1 saturated carbocycles. The molecule has 140 valence electrons. The second-order valence-electron chi connectivity index (χ2n) is 7.54. The Morgan fingerprint density at radius 3 is 2.00 bits per heavy atom. The maximum atomic E-state index is 12.9. The van der Waals surface area contributed by atoms with Crippen molar-refractivity contribution in [3.05, 3.63) is 65.7 Å². The largest absolute Gasteiger partial charge is 0.457 e. The summed E-state index contributed by atoms with van der Waals surface area (Å²) < 4.78 is 5.75. The van der Waals surface area contributed by atoms with Crippen molar-refractivity contribution in [2.45, 2.75) is 6.42 Å². The molecule has 2 fully saturated rings. The first-order valence-corrected chi connectivity index (χ1v) is 9.39. The summed E-state index contributed by atoms with van der Waals surface area (Å²) in [6.07, 6.45) is 5.05. The second-order valence-corrected chi connectivity index (χ2v) is 7.54. The predicted octanol–water partition coefficient (Wildman–Crippen LogP) is 3.53. The van der Waals surface area contributed by atoms with Crippen LogP contribution in [-0.2, 0) is 9.59 Å². The van der Waals surface area contributed by atoms with Crippen LogP contribution in [0, 0.1) is 46.3 Å². The predicted molar refractivity (Wildman–Crippen MR) is 103 cm³/mol. The molecule has 1 heterocycles. The third-order valence-electron chi connectivity index (χ3n) is 6.03. The second kappa shape index (κ2) is 6.32. The van der Waals surface area contributed by atoms with E-state index in [1.807, 2.05) is 12.1 Å². The van der Waals surface area contributed by atoms with Gasteiger partial charge in [-0.15, -0.1) is 0 Å². The van der Waals surface area contributed by atoms with E-state index in [9.17, 15) is 9.59 Å². The number of benzene rings is 2. The zero-order valence-corrected chi connectivity index (χ0v) is 15.3. The van der Waals surface area contributed by atoms with Gasteiger partial charge < -0.3 is 4.74 Å². The molecule has 6 heteroatoms. The maximum Gasteiger partial charge on any atom is 0.238 e. The summed E-state index contributed by atoms with van der Waals surface area (Å²) in [5.41, 5.74) is 1.07. The highest BCUT2D eigenvalue weighted by Crippen LogP contribution is 2.53. The molecule has 0 N–H and O–H groups in total. The summed E-state index contributed by atoms with van der Waals surface area (Å²) in [6.45, 7) is 0. The average molecular weight is 381 g/mol. The molecule has 2 aliphatic carbocycles. The zero-order chi connectivity index (χ0) is 20.1. The molecular formula is C23H15N3O3. The van der Waals surface area contributed by atoms with Gasteiger partial charge in [0.1, 0.15) is 23.6 Å². The van der Waals surface area contributed by atoms with Crippen LogP contribution in [0.1, 0.15) is 17.5 Å². The van der Waals surface area contributed by atoms with Crippen LogP contribution < -0.4 is 9.64 Å². The summed E-state index contributed by atoms with van der Waals surface area (Å²) in [7, 11) is 0. The molecule has 4 atom stereocenters. The van der Waals surface area contributed by atoms with E-state index in [0.717, 1.165) is 6.42 Å². The van der Waals surface area contributed by atoms with Gasteiger partial charge in [-0.2, -0.15) is 10.5 Å². The number of hydrogen-bond donors (Lipinski definition) is 0. The normalized spacial score (nSPS) is 26.3. The van der Waals surface area contributed by atoms with Crippen LogP contribution in [-0.4, -0.2) is 11.8 Å².